The molecule has 8 aromatic rings. The van der Waals surface area contributed by atoms with Gasteiger partial charge in [-0.3, -0.25) is 24.0 Å². The zero-order valence-electron chi connectivity index (χ0n) is 49.3. The SMILES string of the molecule is C.CCNC(=O)[C@H]1O[C@@H](n2cnc3c(N)ncnc32)[C@@H]2OC(C)(C)O[C@@H]21.CCNC(=O)[C@H]1O[C@@H](n2cnc3c(NC(=O)Nc4ccc(S(=O)(=O)NCc5ccccc5)cc4)ncnc32)[C@@H]2OC(C)(C)O[C@@H]21.O=C=Nc1ccc(S(=O)(=O)NCc2ccccc2)cc1. The summed E-state index contributed by atoms with van der Waals surface area (Å²) in [4.78, 5) is 77.0. The van der Waals surface area contributed by atoms with Gasteiger partial charge in [-0.15, -0.1) is 0 Å². The monoisotopic (exact) mass is 1290 g/mol. The number of urea groups is 1. The summed E-state index contributed by atoms with van der Waals surface area (Å²) in [5.41, 5.74) is 9.87. The maximum Gasteiger partial charge on any atom is 0.324 e. The van der Waals surface area contributed by atoms with Crippen molar-refractivity contribution in [1.29, 1.82) is 0 Å². The van der Waals surface area contributed by atoms with Gasteiger partial charge in [0.1, 0.15) is 42.6 Å². The Balaban J connectivity index is 0.000000179. The van der Waals surface area contributed by atoms with Crippen LogP contribution in [0.15, 0.2) is 149 Å². The van der Waals surface area contributed by atoms with E-state index in [0.717, 1.165) is 11.1 Å². The maximum absolute atomic E-state index is 12.9. The number of imidazole rings is 2. The van der Waals surface area contributed by atoms with Crippen molar-refractivity contribution < 1.29 is 64.4 Å². The van der Waals surface area contributed by atoms with Crippen molar-refractivity contribution in [3.05, 3.63) is 146 Å². The summed E-state index contributed by atoms with van der Waals surface area (Å²) in [6.07, 6.45) is 1.69. The third-order valence-corrected chi connectivity index (χ3v) is 17.0. The fourth-order valence-corrected chi connectivity index (χ4v) is 12.2. The van der Waals surface area contributed by atoms with E-state index in [0.29, 0.717) is 41.3 Å². The molecule has 8 atom stereocenters. The number of carbonyl (C=O) groups is 3. The predicted molar refractivity (Wildman–Crippen MR) is 329 cm³/mol. The van der Waals surface area contributed by atoms with Gasteiger partial charge in [-0.05, 0) is 101 Å². The van der Waals surface area contributed by atoms with Gasteiger partial charge in [0, 0.05) is 31.9 Å². The molecule has 0 aliphatic carbocycles. The third kappa shape index (κ3) is 15.2. The van der Waals surface area contributed by atoms with Crippen LogP contribution in [-0.2, 0) is 75.9 Å². The number of nitrogen functional groups attached to an aromatic ring is 1. The summed E-state index contributed by atoms with van der Waals surface area (Å²) in [6, 6.07) is 29.2. The summed E-state index contributed by atoms with van der Waals surface area (Å²) >= 11 is 0. The Morgan fingerprint density at radius 3 is 1.49 bits per heavy atom. The molecule has 4 aromatic carbocycles. The normalized spacial score (nSPS) is 21.7. The van der Waals surface area contributed by atoms with Crippen molar-refractivity contribution in [2.75, 3.05) is 29.5 Å². The highest BCUT2D eigenvalue weighted by Crippen LogP contribution is 2.45. The smallest absolute Gasteiger partial charge is 0.324 e. The number of aromatic nitrogens is 8. The van der Waals surface area contributed by atoms with Crippen LogP contribution in [0.4, 0.5) is 27.8 Å². The zero-order valence-corrected chi connectivity index (χ0v) is 50.9. The van der Waals surface area contributed by atoms with Crippen LogP contribution in [-0.4, -0.2) is 141 Å². The second-order valence-corrected chi connectivity index (χ2v) is 24.9. The minimum atomic E-state index is -3.76. The minimum absolute atomic E-state index is 0. The van der Waals surface area contributed by atoms with Gasteiger partial charge in [0.05, 0.1) is 28.1 Å². The van der Waals surface area contributed by atoms with E-state index in [1.165, 1.54) is 73.6 Å². The molecular formula is C59H68N16O14S2. The summed E-state index contributed by atoms with van der Waals surface area (Å²) in [5.74, 6) is -1.89. The Morgan fingerprint density at radius 1 is 0.582 bits per heavy atom. The molecule has 32 heteroatoms. The molecule has 8 N–H and O–H groups in total. The summed E-state index contributed by atoms with van der Waals surface area (Å²) in [6.45, 7) is 12.1. The first-order valence-electron chi connectivity index (χ1n) is 28.2. The standard InChI is InChI=1S/C29H32N8O7S.C15H20N6O4.C14H12N2O3S.CH4/c1-4-30-26(38)22-21-23(44-29(2,3)43-21)27(42-22)37-16-33-20-24(31-15-32-25(20)37)36-28(39)35-18-10-12-19(13-11-18)45(40,41)34-14-17-8-6-5-7-9-17;1-4-17-13(22)9-8-10(25-15(2,3)24-8)14(23-9)21-6-20-7-11(16)18-5-19-12(7)21;17-11-15-13-6-8-14(9-7-13)20(18,19)16-10-12-4-2-1-3-5-12;/h5-13,15-16,21-23,27,34H,4,14H2,1-3H3,(H,30,38)(H2,31,32,35,36,39);5-6,8-10,14H,4H2,1-3H3,(H,17,22)(H2,16,18,19);1-9,16H,10H2;1H4/t21-,22+,23-,27-;8-,9+,10-,14-;;/m11../s1. The van der Waals surface area contributed by atoms with Gasteiger partial charge in [0.15, 0.2) is 64.7 Å². The Kier molecular flexibility index (Phi) is 20.4. The van der Waals surface area contributed by atoms with Gasteiger partial charge < -0.3 is 50.1 Å². The highest BCUT2D eigenvalue weighted by molar-refractivity contribution is 7.89. The van der Waals surface area contributed by atoms with E-state index in [1.54, 1.807) is 29.3 Å². The van der Waals surface area contributed by atoms with Crippen molar-refractivity contribution in [2.24, 2.45) is 4.99 Å². The second kappa shape index (κ2) is 28.0. The van der Waals surface area contributed by atoms with Crippen LogP contribution in [0, 0.1) is 0 Å². The zero-order chi connectivity index (χ0) is 64.0. The van der Waals surface area contributed by atoms with Crippen LogP contribution >= 0.6 is 0 Å². The molecule has 4 aliphatic heterocycles. The molecule has 91 heavy (non-hydrogen) atoms. The van der Waals surface area contributed by atoms with Crippen LogP contribution in [0.3, 0.4) is 0 Å². The summed E-state index contributed by atoms with van der Waals surface area (Å²) < 4.78 is 94.0. The number of isocyanates is 1. The van der Waals surface area contributed by atoms with E-state index in [4.69, 9.17) is 34.2 Å². The predicted octanol–water partition coefficient (Wildman–Crippen LogP) is 5.23. The maximum atomic E-state index is 12.9. The topological polar surface area (TPSA) is 390 Å². The van der Waals surface area contributed by atoms with E-state index in [1.807, 2.05) is 88.4 Å². The molecule has 4 saturated heterocycles. The first-order chi connectivity index (χ1) is 43.1. The van der Waals surface area contributed by atoms with E-state index in [9.17, 15) is 36.0 Å². The van der Waals surface area contributed by atoms with Crippen LogP contribution in [0.25, 0.3) is 22.3 Å². The molecule has 8 heterocycles. The average molecular weight is 1290 g/mol. The second-order valence-electron chi connectivity index (χ2n) is 21.4. The number of rotatable bonds is 17. The highest BCUT2D eigenvalue weighted by Gasteiger charge is 2.59. The van der Waals surface area contributed by atoms with Crippen LogP contribution in [0.2, 0.25) is 0 Å². The molecule has 0 bridgehead atoms. The van der Waals surface area contributed by atoms with Crippen molar-refractivity contribution >= 4 is 89.3 Å². The molecule has 4 aliphatic rings. The lowest BCUT2D eigenvalue weighted by atomic mass is 10.1. The van der Waals surface area contributed by atoms with Gasteiger partial charge in [-0.1, -0.05) is 68.1 Å². The van der Waals surface area contributed by atoms with E-state index in [-0.39, 0.29) is 59.3 Å². The van der Waals surface area contributed by atoms with E-state index >= 15 is 0 Å². The van der Waals surface area contributed by atoms with Crippen LogP contribution in [0.5, 0.6) is 0 Å². The molecule has 0 radical (unpaired) electrons. The number of amides is 4. The Bertz CT molecular complexity index is 4160. The van der Waals surface area contributed by atoms with E-state index < -0.39 is 86.7 Å². The van der Waals surface area contributed by atoms with E-state index in [2.05, 4.69) is 65.6 Å². The Hall–Kier alpha value is -9.05. The number of benzene rings is 4. The molecule has 0 saturated carbocycles. The Morgan fingerprint density at radius 2 is 1.02 bits per heavy atom. The number of likely N-dealkylation sites (N-methyl/N-ethyl adjacent to an activating group) is 2. The lowest BCUT2D eigenvalue weighted by Gasteiger charge is -2.24. The number of sulfonamides is 2. The number of anilines is 3. The molecule has 0 spiro atoms. The minimum Gasteiger partial charge on any atom is -0.382 e. The van der Waals surface area contributed by atoms with Crippen LogP contribution in [0.1, 0.15) is 72.6 Å². The number of hydrogen-bond acceptors (Lipinski definition) is 22. The fourth-order valence-electron chi connectivity index (χ4n) is 10.2. The van der Waals surface area contributed by atoms with Gasteiger partial charge in [0.2, 0.25) is 26.1 Å². The number of nitrogens with zero attached hydrogens (tertiary/aromatic N) is 9. The quantitative estimate of drug-likeness (QED) is 0.0453. The summed E-state index contributed by atoms with van der Waals surface area (Å²) in [5, 5.41) is 10.8. The van der Waals surface area contributed by atoms with Crippen molar-refractivity contribution in [3.8, 4) is 0 Å². The fraction of sp³-hybridized carbons (Fsp3) is 0.356. The number of nitrogens with one attached hydrogen (secondary N) is 6. The number of hydrogen-bond donors (Lipinski definition) is 7. The third-order valence-electron chi connectivity index (χ3n) is 14.2. The Labute approximate surface area is 523 Å². The molecule has 480 valence electrons. The molecule has 4 amide bonds. The molecule has 4 fully saturated rings. The van der Waals surface area contributed by atoms with Gasteiger partial charge in [0.25, 0.3) is 11.8 Å². The molecule has 4 aromatic heterocycles. The van der Waals surface area contributed by atoms with Crippen LogP contribution < -0.4 is 36.4 Å². The largest absolute Gasteiger partial charge is 0.382 e. The first kappa shape index (κ1) is 66.4. The molecule has 30 nitrogen and oxygen atoms in total. The lowest BCUT2D eigenvalue weighted by Crippen LogP contribution is -2.42. The number of fused-ring (bicyclic) bond motifs is 4. The average Bonchev–Trinajstić information content (AvgIpc) is 1.60. The molecular weight excluding hydrogens is 1220 g/mol. The lowest BCUT2D eigenvalue weighted by molar-refractivity contribution is -0.198. The van der Waals surface area contributed by atoms with Gasteiger partial charge in [-0.2, -0.15) is 4.99 Å². The number of ether oxygens (including phenoxy) is 6. The highest BCUT2D eigenvalue weighted by atomic mass is 32.2. The number of aliphatic imine (C=N–C) groups is 1. The number of carbonyl (C=O) groups excluding carboxylic acids is 4. The van der Waals surface area contributed by atoms with Crippen molar-refractivity contribution in [3.63, 3.8) is 0 Å². The van der Waals surface area contributed by atoms with Gasteiger partial charge >= 0.3 is 6.03 Å². The van der Waals surface area contributed by atoms with Crippen molar-refractivity contribution in [2.45, 2.75) is 133 Å². The van der Waals surface area contributed by atoms with Gasteiger partial charge in [-0.25, -0.2) is 65.8 Å². The first-order valence-corrected chi connectivity index (χ1v) is 31.2. The molecule has 0 unspecified atom stereocenters. The number of nitrogens with two attached hydrogens (primary N) is 1. The molecule has 12 rings (SSSR count). The van der Waals surface area contributed by atoms with Crippen molar-refractivity contribution in [1.82, 2.24) is 59.1 Å². The summed E-state index contributed by atoms with van der Waals surface area (Å²) in [7, 11) is -7.34.